The number of benzene rings is 2. The summed E-state index contributed by atoms with van der Waals surface area (Å²) in [6.07, 6.45) is 2.75. The van der Waals surface area contributed by atoms with Gasteiger partial charge in [-0.05, 0) is 29.7 Å². The van der Waals surface area contributed by atoms with Gasteiger partial charge in [-0.2, -0.15) is 0 Å². The topological polar surface area (TPSA) is 50.9 Å². The zero-order valence-corrected chi connectivity index (χ0v) is 11.7. The fraction of sp³-hybridized carbons (Fsp3) is 0.167. The van der Waals surface area contributed by atoms with Crippen LogP contribution in [0.1, 0.15) is 29.6 Å². The first-order valence-corrected chi connectivity index (χ1v) is 7.27. The summed E-state index contributed by atoms with van der Waals surface area (Å²) in [4.78, 5) is 4.50. The number of rotatable bonds is 2. The third-order valence-corrected chi connectivity index (χ3v) is 4.22. The Morgan fingerprint density at radius 2 is 1.76 bits per heavy atom. The molecule has 0 bridgehead atoms. The van der Waals surface area contributed by atoms with Crippen molar-refractivity contribution >= 4 is 16.6 Å². The summed E-state index contributed by atoms with van der Waals surface area (Å²) >= 11 is 0. The van der Waals surface area contributed by atoms with E-state index in [-0.39, 0.29) is 12.1 Å². The Labute approximate surface area is 123 Å². The predicted molar refractivity (Wildman–Crippen MR) is 86.1 cm³/mol. The number of anilines is 1. The monoisotopic (exact) mass is 275 g/mol. The van der Waals surface area contributed by atoms with Gasteiger partial charge in [-0.15, -0.1) is 0 Å². The van der Waals surface area contributed by atoms with E-state index in [1.54, 1.807) is 0 Å². The van der Waals surface area contributed by atoms with Crippen LogP contribution in [-0.4, -0.2) is 4.98 Å². The molecule has 3 aromatic rings. The minimum Gasteiger partial charge on any atom is -0.376 e. The first-order valence-electron chi connectivity index (χ1n) is 7.27. The molecule has 0 saturated heterocycles. The Bertz CT molecular complexity index is 792. The molecule has 1 heterocycles. The molecule has 0 amide bonds. The van der Waals surface area contributed by atoms with E-state index in [2.05, 4.69) is 58.8 Å². The minimum atomic E-state index is 0.113. The fourth-order valence-electron chi connectivity index (χ4n) is 3.22. The van der Waals surface area contributed by atoms with Gasteiger partial charge in [0.25, 0.3) is 0 Å². The van der Waals surface area contributed by atoms with Crippen LogP contribution in [0.4, 0.5) is 5.69 Å². The number of aromatic nitrogens is 1. The van der Waals surface area contributed by atoms with Crippen LogP contribution >= 0.6 is 0 Å². The van der Waals surface area contributed by atoms with E-state index in [1.165, 1.54) is 11.1 Å². The van der Waals surface area contributed by atoms with Crippen molar-refractivity contribution in [3.8, 4) is 0 Å². The van der Waals surface area contributed by atoms with Gasteiger partial charge in [0.1, 0.15) is 0 Å². The molecular formula is C18H17N3. The SMILES string of the molecule is NC1CC(Nc2cccc3cccnc23)c2ccccc21. The van der Waals surface area contributed by atoms with E-state index in [1.807, 2.05) is 12.3 Å². The van der Waals surface area contributed by atoms with Crippen molar-refractivity contribution in [1.82, 2.24) is 4.98 Å². The lowest BCUT2D eigenvalue weighted by molar-refractivity contribution is 0.649. The number of fused-ring (bicyclic) bond motifs is 2. The maximum absolute atomic E-state index is 6.25. The second-order valence-electron chi connectivity index (χ2n) is 5.55. The first-order chi connectivity index (χ1) is 10.3. The Balaban J connectivity index is 1.73. The summed E-state index contributed by atoms with van der Waals surface area (Å²) in [6, 6.07) is 19.1. The Kier molecular flexibility index (Phi) is 2.86. The van der Waals surface area contributed by atoms with Gasteiger partial charge in [0.15, 0.2) is 0 Å². The predicted octanol–water partition coefficient (Wildman–Crippen LogP) is 3.79. The molecule has 4 rings (SSSR count). The lowest BCUT2D eigenvalue weighted by Crippen LogP contribution is -2.10. The molecule has 3 nitrogen and oxygen atoms in total. The van der Waals surface area contributed by atoms with Gasteiger partial charge in [0.05, 0.1) is 17.2 Å². The summed E-state index contributed by atoms with van der Waals surface area (Å²) < 4.78 is 0. The van der Waals surface area contributed by atoms with E-state index in [4.69, 9.17) is 5.73 Å². The van der Waals surface area contributed by atoms with Gasteiger partial charge in [0.2, 0.25) is 0 Å². The molecule has 3 N–H and O–H groups in total. The lowest BCUT2D eigenvalue weighted by Gasteiger charge is -2.16. The summed E-state index contributed by atoms with van der Waals surface area (Å²) in [5.41, 5.74) is 10.9. The number of pyridine rings is 1. The fourth-order valence-corrected chi connectivity index (χ4v) is 3.22. The van der Waals surface area contributed by atoms with E-state index in [0.29, 0.717) is 0 Å². The molecule has 1 aliphatic carbocycles. The van der Waals surface area contributed by atoms with Crippen molar-refractivity contribution in [2.24, 2.45) is 5.73 Å². The molecule has 0 saturated carbocycles. The van der Waals surface area contributed by atoms with E-state index < -0.39 is 0 Å². The highest BCUT2D eigenvalue weighted by atomic mass is 15.0. The maximum atomic E-state index is 6.25. The van der Waals surface area contributed by atoms with Gasteiger partial charge in [-0.25, -0.2) is 0 Å². The molecule has 1 aromatic heterocycles. The number of hydrogen-bond acceptors (Lipinski definition) is 3. The van der Waals surface area contributed by atoms with Crippen LogP contribution in [0, 0.1) is 0 Å². The number of nitrogens with two attached hydrogens (primary N) is 1. The molecule has 2 atom stereocenters. The largest absolute Gasteiger partial charge is 0.376 e. The van der Waals surface area contributed by atoms with Gasteiger partial charge in [0, 0.05) is 17.6 Å². The molecule has 21 heavy (non-hydrogen) atoms. The third-order valence-electron chi connectivity index (χ3n) is 4.22. The van der Waals surface area contributed by atoms with Crippen molar-refractivity contribution in [1.29, 1.82) is 0 Å². The van der Waals surface area contributed by atoms with Crippen LogP contribution in [-0.2, 0) is 0 Å². The molecule has 104 valence electrons. The van der Waals surface area contributed by atoms with Crippen LogP contribution in [0.2, 0.25) is 0 Å². The van der Waals surface area contributed by atoms with Gasteiger partial charge in [-0.3, -0.25) is 4.98 Å². The Hall–Kier alpha value is -2.39. The molecule has 1 aliphatic rings. The number of nitrogens with zero attached hydrogens (tertiary/aromatic N) is 1. The zero-order chi connectivity index (χ0) is 14.2. The van der Waals surface area contributed by atoms with Crippen molar-refractivity contribution in [2.75, 3.05) is 5.32 Å². The van der Waals surface area contributed by atoms with Crippen LogP contribution in [0.3, 0.4) is 0 Å². The number of para-hydroxylation sites is 1. The molecule has 0 spiro atoms. The van der Waals surface area contributed by atoms with Crippen LogP contribution < -0.4 is 11.1 Å². The highest BCUT2D eigenvalue weighted by Gasteiger charge is 2.28. The van der Waals surface area contributed by atoms with E-state index in [9.17, 15) is 0 Å². The average Bonchev–Trinajstić information content (AvgIpc) is 2.85. The lowest BCUT2D eigenvalue weighted by atomic mass is 10.1. The highest BCUT2D eigenvalue weighted by Crippen LogP contribution is 2.39. The molecule has 3 heteroatoms. The second-order valence-corrected chi connectivity index (χ2v) is 5.55. The van der Waals surface area contributed by atoms with E-state index >= 15 is 0 Å². The first kappa shape index (κ1) is 12.4. The molecule has 2 unspecified atom stereocenters. The van der Waals surface area contributed by atoms with Gasteiger partial charge in [-0.1, -0.05) is 42.5 Å². The molecular weight excluding hydrogens is 258 g/mol. The maximum Gasteiger partial charge on any atom is 0.0933 e. The highest BCUT2D eigenvalue weighted by molar-refractivity contribution is 5.90. The van der Waals surface area contributed by atoms with Gasteiger partial charge < -0.3 is 11.1 Å². The molecule has 2 aromatic carbocycles. The van der Waals surface area contributed by atoms with Crippen molar-refractivity contribution < 1.29 is 0 Å². The smallest absolute Gasteiger partial charge is 0.0933 e. The molecule has 0 fully saturated rings. The molecule has 0 radical (unpaired) electrons. The van der Waals surface area contributed by atoms with Crippen LogP contribution in [0.5, 0.6) is 0 Å². The van der Waals surface area contributed by atoms with Gasteiger partial charge >= 0.3 is 0 Å². The van der Waals surface area contributed by atoms with E-state index in [0.717, 1.165) is 23.0 Å². The quantitative estimate of drug-likeness (QED) is 0.748. The Morgan fingerprint density at radius 1 is 0.952 bits per heavy atom. The van der Waals surface area contributed by atoms with Crippen molar-refractivity contribution in [3.05, 3.63) is 71.9 Å². The standard InChI is InChI=1S/C18H17N3/c19-15-11-17(14-8-2-1-7-13(14)15)21-16-9-3-5-12-6-4-10-20-18(12)16/h1-10,15,17,21H,11,19H2. The van der Waals surface area contributed by atoms with Crippen LogP contribution in [0.25, 0.3) is 10.9 Å². The second kappa shape index (κ2) is 4.86. The zero-order valence-electron chi connectivity index (χ0n) is 11.7. The normalized spacial score (nSPS) is 20.4. The number of hydrogen-bond donors (Lipinski definition) is 2. The minimum absolute atomic E-state index is 0.113. The Morgan fingerprint density at radius 3 is 2.67 bits per heavy atom. The summed E-state index contributed by atoms with van der Waals surface area (Å²) in [5.74, 6) is 0. The third kappa shape index (κ3) is 2.06. The van der Waals surface area contributed by atoms with Crippen LogP contribution in [0.15, 0.2) is 60.8 Å². The summed E-state index contributed by atoms with van der Waals surface area (Å²) in [5, 5.41) is 4.78. The summed E-state index contributed by atoms with van der Waals surface area (Å²) in [6.45, 7) is 0. The average molecular weight is 275 g/mol. The van der Waals surface area contributed by atoms with Crippen molar-refractivity contribution in [3.63, 3.8) is 0 Å². The van der Waals surface area contributed by atoms with Crippen molar-refractivity contribution in [2.45, 2.75) is 18.5 Å². The number of nitrogens with one attached hydrogen (secondary N) is 1. The summed E-state index contributed by atoms with van der Waals surface area (Å²) in [7, 11) is 0. The molecule has 0 aliphatic heterocycles.